The third kappa shape index (κ3) is 41.4. The van der Waals surface area contributed by atoms with Gasteiger partial charge in [0.15, 0.2) is 6.10 Å². The first-order valence-electron chi connectivity index (χ1n) is 23.1. The second-order valence-corrected chi connectivity index (χ2v) is 17.5. The summed E-state index contributed by atoms with van der Waals surface area (Å²) < 4.78 is 16.7. The smallest absolute Gasteiger partial charge is 0.306 e. The van der Waals surface area contributed by atoms with Gasteiger partial charge in [0.25, 0.3) is 0 Å². The van der Waals surface area contributed by atoms with Gasteiger partial charge in [-0.3, -0.25) is 14.4 Å². The summed E-state index contributed by atoms with van der Waals surface area (Å²) in [6.07, 6.45) is 35.2. The molecular formula is C47H90O6. The Bertz CT molecular complexity index is 822. The maximum Gasteiger partial charge on any atom is 0.306 e. The molecule has 0 spiro atoms. The number of esters is 3. The summed E-state index contributed by atoms with van der Waals surface area (Å²) in [5.41, 5.74) is 0. The number of unbranched alkanes of at least 4 members (excludes halogenated alkanes) is 23. The number of ether oxygens (including phenoxy) is 3. The molecule has 1 atom stereocenters. The van der Waals surface area contributed by atoms with E-state index < -0.39 is 6.10 Å². The molecule has 0 N–H and O–H groups in total. The van der Waals surface area contributed by atoms with Crippen LogP contribution in [0.4, 0.5) is 0 Å². The van der Waals surface area contributed by atoms with Crippen LogP contribution in [0.25, 0.3) is 0 Å². The molecular weight excluding hydrogens is 661 g/mol. The van der Waals surface area contributed by atoms with Gasteiger partial charge in [0, 0.05) is 19.3 Å². The topological polar surface area (TPSA) is 78.9 Å². The summed E-state index contributed by atoms with van der Waals surface area (Å²) in [6.45, 7) is 13.6. The Morgan fingerprint density at radius 1 is 0.321 bits per heavy atom. The van der Waals surface area contributed by atoms with Crippen molar-refractivity contribution in [1.82, 2.24) is 0 Å². The molecule has 0 aromatic rings. The normalized spacial score (nSPS) is 12.2. The molecule has 0 aliphatic heterocycles. The number of hydrogen-bond donors (Lipinski definition) is 0. The Balaban J connectivity index is 4.35. The van der Waals surface area contributed by atoms with Crippen molar-refractivity contribution in [3.8, 4) is 0 Å². The summed E-state index contributed by atoms with van der Waals surface area (Å²) in [6, 6.07) is 0. The van der Waals surface area contributed by atoms with E-state index in [1.807, 2.05) is 0 Å². The van der Waals surface area contributed by atoms with Gasteiger partial charge in [-0.15, -0.1) is 0 Å². The quantitative estimate of drug-likeness (QED) is 0.0352. The van der Waals surface area contributed by atoms with Crippen LogP contribution in [0, 0.1) is 17.8 Å². The van der Waals surface area contributed by atoms with Crippen LogP contribution < -0.4 is 0 Å². The Hall–Kier alpha value is -1.59. The van der Waals surface area contributed by atoms with E-state index in [0.717, 1.165) is 75.5 Å². The predicted molar refractivity (Wildman–Crippen MR) is 224 cm³/mol. The lowest BCUT2D eigenvalue weighted by Gasteiger charge is -2.18. The lowest BCUT2D eigenvalue weighted by atomic mass is 10.0. The van der Waals surface area contributed by atoms with E-state index in [2.05, 4.69) is 41.5 Å². The minimum absolute atomic E-state index is 0.0665. The van der Waals surface area contributed by atoms with Crippen molar-refractivity contribution >= 4 is 17.9 Å². The van der Waals surface area contributed by atoms with Gasteiger partial charge in [0.1, 0.15) is 13.2 Å². The average Bonchev–Trinajstić information content (AvgIpc) is 3.11. The summed E-state index contributed by atoms with van der Waals surface area (Å²) in [5.74, 6) is 1.55. The van der Waals surface area contributed by atoms with E-state index in [4.69, 9.17) is 14.2 Å². The molecule has 0 rings (SSSR count). The summed E-state index contributed by atoms with van der Waals surface area (Å²) in [7, 11) is 0. The highest BCUT2D eigenvalue weighted by atomic mass is 16.6. The molecule has 0 unspecified atom stereocenters. The second-order valence-electron chi connectivity index (χ2n) is 17.5. The van der Waals surface area contributed by atoms with Crippen LogP contribution in [0.15, 0.2) is 0 Å². The van der Waals surface area contributed by atoms with E-state index in [1.54, 1.807) is 0 Å². The molecule has 314 valence electrons. The van der Waals surface area contributed by atoms with Crippen LogP contribution >= 0.6 is 0 Å². The maximum atomic E-state index is 12.7. The summed E-state index contributed by atoms with van der Waals surface area (Å²) in [5, 5.41) is 0. The van der Waals surface area contributed by atoms with Crippen molar-refractivity contribution in [2.45, 2.75) is 253 Å². The zero-order valence-electron chi connectivity index (χ0n) is 36.3. The summed E-state index contributed by atoms with van der Waals surface area (Å²) in [4.78, 5) is 37.7. The number of carbonyl (C=O) groups excluding carboxylic acids is 3. The third-order valence-corrected chi connectivity index (χ3v) is 10.4. The van der Waals surface area contributed by atoms with Gasteiger partial charge in [-0.25, -0.2) is 0 Å². The van der Waals surface area contributed by atoms with Crippen molar-refractivity contribution in [1.29, 1.82) is 0 Å². The Kier molecular flexibility index (Phi) is 37.5. The minimum atomic E-state index is -0.762. The Morgan fingerprint density at radius 2 is 0.547 bits per heavy atom. The van der Waals surface area contributed by atoms with Crippen LogP contribution in [0.2, 0.25) is 0 Å². The van der Waals surface area contributed by atoms with Gasteiger partial charge in [-0.1, -0.05) is 208 Å². The number of hydrogen-bond acceptors (Lipinski definition) is 6. The van der Waals surface area contributed by atoms with Crippen LogP contribution in [0.1, 0.15) is 247 Å². The first-order valence-corrected chi connectivity index (χ1v) is 23.1. The Morgan fingerprint density at radius 3 is 0.811 bits per heavy atom. The molecule has 0 aromatic heterocycles. The summed E-state index contributed by atoms with van der Waals surface area (Å²) >= 11 is 0. The highest BCUT2D eigenvalue weighted by Gasteiger charge is 2.19. The molecule has 0 saturated heterocycles. The average molecular weight is 751 g/mol. The van der Waals surface area contributed by atoms with Gasteiger partial charge in [-0.05, 0) is 37.0 Å². The van der Waals surface area contributed by atoms with E-state index in [1.165, 1.54) is 128 Å². The molecule has 0 aliphatic rings. The van der Waals surface area contributed by atoms with Gasteiger partial charge in [0.2, 0.25) is 0 Å². The monoisotopic (exact) mass is 751 g/mol. The largest absolute Gasteiger partial charge is 0.462 e. The third-order valence-electron chi connectivity index (χ3n) is 10.4. The van der Waals surface area contributed by atoms with Crippen molar-refractivity contribution in [3.05, 3.63) is 0 Å². The fourth-order valence-electron chi connectivity index (χ4n) is 6.88. The van der Waals surface area contributed by atoms with Crippen LogP contribution in [-0.2, 0) is 28.6 Å². The molecule has 0 bridgehead atoms. The zero-order valence-corrected chi connectivity index (χ0v) is 36.3. The van der Waals surface area contributed by atoms with Crippen LogP contribution in [-0.4, -0.2) is 37.2 Å². The SMILES string of the molecule is CC(C)CCCCCCCCCCCC(=O)OC[C@@H](COC(=O)CCCCCCCCCCC(C)C)OC(=O)CCCCCCCCCCCC(C)C. The van der Waals surface area contributed by atoms with E-state index in [0.29, 0.717) is 19.3 Å². The predicted octanol–water partition coefficient (Wildman–Crippen LogP) is 14.4. The van der Waals surface area contributed by atoms with E-state index >= 15 is 0 Å². The first kappa shape index (κ1) is 51.4. The molecule has 0 heterocycles. The Labute approximate surface area is 329 Å². The van der Waals surface area contributed by atoms with Gasteiger partial charge in [0.05, 0.1) is 0 Å². The van der Waals surface area contributed by atoms with Crippen molar-refractivity contribution in [2.24, 2.45) is 17.8 Å². The van der Waals surface area contributed by atoms with Crippen LogP contribution in [0.5, 0.6) is 0 Å². The molecule has 0 radical (unpaired) electrons. The second kappa shape index (κ2) is 38.7. The lowest BCUT2D eigenvalue weighted by molar-refractivity contribution is -0.167. The standard InChI is InChI=1S/C47H90O6/c1-41(2)33-27-21-15-9-7-11-18-24-30-36-45(48)51-39-44(40-52-46(49)37-31-25-19-14-13-17-23-29-35-43(5)6)53-47(50)38-32-26-20-12-8-10-16-22-28-34-42(3)4/h41-44H,7-40H2,1-6H3/t44-/m0/s1. The van der Waals surface area contributed by atoms with Crippen LogP contribution in [0.3, 0.4) is 0 Å². The number of rotatable bonds is 40. The highest BCUT2D eigenvalue weighted by molar-refractivity contribution is 5.71. The molecule has 0 saturated carbocycles. The van der Waals surface area contributed by atoms with Crippen molar-refractivity contribution in [2.75, 3.05) is 13.2 Å². The molecule has 6 nitrogen and oxygen atoms in total. The molecule has 0 fully saturated rings. The minimum Gasteiger partial charge on any atom is -0.462 e. The fraction of sp³-hybridized carbons (Fsp3) is 0.936. The van der Waals surface area contributed by atoms with Crippen molar-refractivity contribution in [3.63, 3.8) is 0 Å². The highest BCUT2D eigenvalue weighted by Crippen LogP contribution is 2.17. The fourth-order valence-corrected chi connectivity index (χ4v) is 6.88. The van der Waals surface area contributed by atoms with Gasteiger partial charge in [-0.2, -0.15) is 0 Å². The molecule has 0 amide bonds. The number of carbonyl (C=O) groups is 3. The van der Waals surface area contributed by atoms with E-state index in [9.17, 15) is 14.4 Å². The lowest BCUT2D eigenvalue weighted by Crippen LogP contribution is -2.30. The molecule has 0 aromatic carbocycles. The molecule has 0 aliphatic carbocycles. The molecule has 53 heavy (non-hydrogen) atoms. The maximum absolute atomic E-state index is 12.7. The first-order chi connectivity index (χ1) is 25.6. The zero-order chi connectivity index (χ0) is 39.2. The molecule has 6 heteroatoms. The van der Waals surface area contributed by atoms with Crippen molar-refractivity contribution < 1.29 is 28.6 Å². The van der Waals surface area contributed by atoms with E-state index in [-0.39, 0.29) is 31.1 Å². The van der Waals surface area contributed by atoms with Gasteiger partial charge >= 0.3 is 17.9 Å². The van der Waals surface area contributed by atoms with Gasteiger partial charge < -0.3 is 14.2 Å².